The summed E-state index contributed by atoms with van der Waals surface area (Å²) in [7, 11) is 0. The Labute approximate surface area is 246 Å². The van der Waals surface area contributed by atoms with Crippen LogP contribution in [0.2, 0.25) is 0 Å². The van der Waals surface area contributed by atoms with Gasteiger partial charge in [-0.3, -0.25) is 9.59 Å². The summed E-state index contributed by atoms with van der Waals surface area (Å²) in [6, 6.07) is 17.4. The number of hydrogen-bond donors (Lipinski definition) is 2. The average Bonchev–Trinajstić information content (AvgIpc) is 3.39. The van der Waals surface area contributed by atoms with Crippen molar-refractivity contribution in [3.05, 3.63) is 77.6 Å². The largest absolute Gasteiger partial charge is 0.455 e. The Hall–Kier alpha value is -3.97. The van der Waals surface area contributed by atoms with Crippen molar-refractivity contribution in [2.75, 3.05) is 24.5 Å². The van der Waals surface area contributed by atoms with Crippen LogP contribution in [0.5, 0.6) is 0 Å². The van der Waals surface area contributed by atoms with Gasteiger partial charge in [0.1, 0.15) is 17.2 Å². The molecule has 1 fully saturated rings. The van der Waals surface area contributed by atoms with Crippen molar-refractivity contribution in [2.45, 2.75) is 59.0 Å². The highest BCUT2D eigenvalue weighted by Gasteiger charge is 2.25. The minimum absolute atomic E-state index is 0.0624. The van der Waals surface area contributed by atoms with Crippen LogP contribution in [0.25, 0.3) is 33.4 Å². The highest BCUT2D eigenvalue weighted by atomic mass is 19.1. The molecule has 7 heteroatoms. The van der Waals surface area contributed by atoms with Gasteiger partial charge in [0.05, 0.1) is 11.7 Å². The van der Waals surface area contributed by atoms with Gasteiger partial charge in [0.25, 0.3) is 5.91 Å². The Balaban J connectivity index is 1.59. The number of anilines is 1. The van der Waals surface area contributed by atoms with Crippen LogP contribution in [0.4, 0.5) is 10.1 Å². The molecule has 2 N–H and O–H groups in total. The number of benzene rings is 3. The van der Waals surface area contributed by atoms with Crippen LogP contribution in [0.15, 0.2) is 65.1 Å². The van der Waals surface area contributed by atoms with Crippen LogP contribution >= 0.6 is 0 Å². The van der Waals surface area contributed by atoms with E-state index in [2.05, 4.69) is 24.1 Å². The summed E-state index contributed by atoms with van der Waals surface area (Å²) in [5.74, 6) is -0.0920. The van der Waals surface area contributed by atoms with Gasteiger partial charge in [-0.15, -0.1) is 0 Å². The van der Waals surface area contributed by atoms with Crippen LogP contribution in [0.1, 0.15) is 73.6 Å². The third-order valence-corrected chi connectivity index (χ3v) is 8.45. The van der Waals surface area contributed by atoms with Crippen molar-refractivity contribution in [3.63, 3.8) is 0 Å². The Bertz CT molecular complexity index is 1570. The lowest BCUT2D eigenvalue weighted by Gasteiger charge is -2.27. The number of Topliss-reactive ketones (excluding diaryl/α,β-unsaturated/α-hetero) is 1. The number of rotatable bonds is 10. The maximum Gasteiger partial charge on any atom is 0.251 e. The number of nitrogens with one attached hydrogen (secondary N) is 1. The number of fused-ring (bicyclic) bond motifs is 1. The molecule has 3 aromatic carbocycles. The fourth-order valence-corrected chi connectivity index (χ4v) is 6.03. The van der Waals surface area contributed by atoms with Gasteiger partial charge in [-0.1, -0.05) is 31.9 Å². The van der Waals surface area contributed by atoms with Crippen LogP contribution < -0.4 is 10.2 Å². The number of halogens is 1. The van der Waals surface area contributed by atoms with E-state index >= 15 is 0 Å². The molecule has 0 bridgehead atoms. The molecule has 0 saturated heterocycles. The van der Waals surface area contributed by atoms with Crippen molar-refractivity contribution >= 4 is 28.3 Å². The quantitative estimate of drug-likeness (QED) is 0.192. The number of ketones is 1. The third kappa shape index (κ3) is 5.97. The fraction of sp³-hybridized carbons (Fsp3) is 0.371. The van der Waals surface area contributed by atoms with Gasteiger partial charge in [-0.05, 0) is 74.7 Å². The van der Waals surface area contributed by atoms with Gasteiger partial charge in [-0.2, -0.15) is 0 Å². The lowest BCUT2D eigenvalue weighted by molar-refractivity contribution is 0.0662. The van der Waals surface area contributed by atoms with Gasteiger partial charge in [0, 0.05) is 65.8 Å². The molecule has 4 aromatic rings. The number of aliphatic hydroxyl groups excluding tert-OH is 1. The normalized spacial score (nSPS) is 16.9. The standard InChI is InChI=1S/C35H39FN2O4/c1-4-30(39)33-28-19-27(23-11-9-12-24(18-23)35(41)37-21-25-10-7-8-13-31(25)40)29(38(5-2)6-3)20-32(28)42-34(33)22-14-16-26(36)17-15-22/h9,11-12,14-20,25,31,40H,4-8,10,13,21H2,1-3H3,(H,37,41)/t25-,31-/m1/s1. The molecule has 1 heterocycles. The van der Waals surface area contributed by atoms with Gasteiger partial charge >= 0.3 is 0 Å². The fourth-order valence-electron chi connectivity index (χ4n) is 6.03. The van der Waals surface area contributed by atoms with Crippen molar-refractivity contribution in [3.8, 4) is 22.5 Å². The molecule has 0 aliphatic heterocycles. The summed E-state index contributed by atoms with van der Waals surface area (Å²) in [6.45, 7) is 7.94. The number of carbonyl (C=O) groups excluding carboxylic acids is 2. The Morgan fingerprint density at radius 1 is 0.976 bits per heavy atom. The summed E-state index contributed by atoms with van der Waals surface area (Å²) in [5.41, 5.74) is 4.90. The van der Waals surface area contributed by atoms with Gasteiger partial charge < -0.3 is 19.7 Å². The number of nitrogens with zero attached hydrogens (tertiary/aromatic N) is 1. The zero-order valence-electron chi connectivity index (χ0n) is 24.6. The molecule has 1 aliphatic carbocycles. The molecule has 1 saturated carbocycles. The first-order valence-corrected chi connectivity index (χ1v) is 15.1. The highest BCUT2D eigenvalue weighted by molar-refractivity contribution is 6.13. The third-order valence-electron chi connectivity index (χ3n) is 8.45. The molecular weight excluding hydrogens is 531 g/mol. The first-order valence-electron chi connectivity index (χ1n) is 15.1. The molecule has 2 atom stereocenters. The lowest BCUT2D eigenvalue weighted by atomic mass is 9.86. The van der Waals surface area contributed by atoms with Crippen LogP contribution in [0.3, 0.4) is 0 Å². The van der Waals surface area contributed by atoms with E-state index < -0.39 is 0 Å². The molecule has 0 unspecified atom stereocenters. The van der Waals surface area contributed by atoms with E-state index in [4.69, 9.17) is 4.42 Å². The second-order valence-corrected chi connectivity index (χ2v) is 11.0. The monoisotopic (exact) mass is 570 g/mol. The zero-order chi connectivity index (χ0) is 29.8. The van der Waals surface area contributed by atoms with Crippen LogP contribution in [-0.4, -0.2) is 42.5 Å². The molecule has 0 spiro atoms. The minimum atomic E-state index is -0.372. The van der Waals surface area contributed by atoms with Crippen molar-refractivity contribution in [2.24, 2.45) is 5.92 Å². The summed E-state index contributed by atoms with van der Waals surface area (Å²) in [4.78, 5) is 28.7. The molecule has 5 rings (SSSR count). The van der Waals surface area contributed by atoms with E-state index in [0.29, 0.717) is 46.4 Å². The molecule has 1 aromatic heterocycles. The number of aliphatic hydroxyl groups is 1. The maximum atomic E-state index is 13.7. The van der Waals surface area contributed by atoms with E-state index in [1.165, 1.54) is 12.1 Å². The van der Waals surface area contributed by atoms with Gasteiger partial charge in [0.15, 0.2) is 5.78 Å². The first-order chi connectivity index (χ1) is 20.3. The Kier molecular flexibility index (Phi) is 9.07. The van der Waals surface area contributed by atoms with E-state index in [1.54, 1.807) is 18.2 Å². The Morgan fingerprint density at radius 2 is 1.71 bits per heavy atom. The van der Waals surface area contributed by atoms with Crippen molar-refractivity contribution < 1.29 is 23.5 Å². The molecule has 0 radical (unpaired) electrons. The topological polar surface area (TPSA) is 82.8 Å². The van der Waals surface area contributed by atoms with E-state index in [1.807, 2.05) is 37.3 Å². The van der Waals surface area contributed by atoms with Gasteiger partial charge in [0.2, 0.25) is 0 Å². The first kappa shape index (κ1) is 29.5. The average molecular weight is 571 g/mol. The Morgan fingerprint density at radius 3 is 2.40 bits per heavy atom. The second kappa shape index (κ2) is 12.9. The minimum Gasteiger partial charge on any atom is -0.455 e. The molecular formula is C35H39FN2O4. The van der Waals surface area contributed by atoms with E-state index in [-0.39, 0.29) is 29.5 Å². The summed E-state index contributed by atoms with van der Waals surface area (Å²) < 4.78 is 20.0. The molecule has 6 nitrogen and oxygen atoms in total. The predicted molar refractivity (Wildman–Crippen MR) is 166 cm³/mol. The summed E-state index contributed by atoms with van der Waals surface area (Å²) in [5, 5.41) is 14.0. The summed E-state index contributed by atoms with van der Waals surface area (Å²) >= 11 is 0. The van der Waals surface area contributed by atoms with Gasteiger partial charge in [-0.25, -0.2) is 4.39 Å². The van der Waals surface area contributed by atoms with Crippen molar-refractivity contribution in [1.82, 2.24) is 5.32 Å². The number of amides is 1. The van der Waals surface area contributed by atoms with Crippen LogP contribution in [-0.2, 0) is 0 Å². The van der Waals surface area contributed by atoms with E-state index in [9.17, 15) is 19.1 Å². The molecule has 1 aliphatic rings. The highest BCUT2D eigenvalue weighted by Crippen LogP contribution is 2.41. The number of hydrogen-bond acceptors (Lipinski definition) is 5. The van der Waals surface area contributed by atoms with Crippen LogP contribution in [0, 0.1) is 11.7 Å². The molecule has 42 heavy (non-hydrogen) atoms. The SMILES string of the molecule is CCC(=O)c1c(-c2ccc(F)cc2)oc2cc(N(CC)CC)c(-c3cccc(C(=O)NC[C@H]4CCCC[C@H]4O)c3)cc12. The smallest absolute Gasteiger partial charge is 0.251 e. The van der Waals surface area contributed by atoms with Crippen molar-refractivity contribution in [1.29, 1.82) is 0 Å². The lowest BCUT2D eigenvalue weighted by Crippen LogP contribution is -2.36. The zero-order valence-corrected chi connectivity index (χ0v) is 24.6. The second-order valence-electron chi connectivity index (χ2n) is 11.0. The molecule has 1 amide bonds. The molecule has 220 valence electrons. The summed E-state index contributed by atoms with van der Waals surface area (Å²) in [6.07, 6.45) is 3.72. The number of carbonyl (C=O) groups is 2. The number of furan rings is 1. The van der Waals surface area contributed by atoms with E-state index in [0.717, 1.165) is 55.6 Å². The predicted octanol–water partition coefficient (Wildman–Crippen LogP) is 7.63. The maximum absolute atomic E-state index is 13.7.